The summed E-state index contributed by atoms with van der Waals surface area (Å²) in [6.45, 7) is 1.82. The van der Waals surface area contributed by atoms with Crippen LogP contribution in [0.3, 0.4) is 0 Å². The van der Waals surface area contributed by atoms with E-state index in [0.29, 0.717) is 0 Å². The molecule has 94 valence electrons. The number of rotatable bonds is 5. The normalized spacial score (nSPS) is 30.2. The molecular weight excluding hydrogens is 303 g/mol. The van der Waals surface area contributed by atoms with Crippen LogP contribution in [0.15, 0.2) is 24.3 Å². The third-order valence-corrected chi connectivity index (χ3v) is 6.45. The van der Waals surface area contributed by atoms with E-state index in [4.69, 9.17) is 13.6 Å². The van der Waals surface area contributed by atoms with Crippen molar-refractivity contribution in [2.24, 2.45) is 0 Å². The van der Waals surface area contributed by atoms with Gasteiger partial charge in [-0.15, -0.1) is 0 Å². The summed E-state index contributed by atoms with van der Waals surface area (Å²) < 4.78 is 16.7. The molecule has 5 heteroatoms. The third kappa shape index (κ3) is 2.29. The van der Waals surface area contributed by atoms with Gasteiger partial charge >= 0.3 is 110 Å². The summed E-state index contributed by atoms with van der Waals surface area (Å²) in [5.74, 6) is -0.675. The van der Waals surface area contributed by atoms with E-state index < -0.39 is 13.9 Å². The fourth-order valence-electron chi connectivity index (χ4n) is 2.30. The van der Waals surface area contributed by atoms with Gasteiger partial charge in [-0.2, -0.15) is 0 Å². The van der Waals surface area contributed by atoms with Crippen LogP contribution >= 0.6 is 23.9 Å². The molecule has 4 rings (SSSR count). The van der Waals surface area contributed by atoms with E-state index in [1.807, 2.05) is 6.92 Å². The van der Waals surface area contributed by atoms with Gasteiger partial charge in [0.2, 0.25) is 0 Å². The van der Waals surface area contributed by atoms with Crippen LogP contribution < -0.4 is 0 Å². The average molecular weight is 319 g/mol. The summed E-state index contributed by atoms with van der Waals surface area (Å²) in [4.78, 5) is 0. The van der Waals surface area contributed by atoms with Crippen molar-refractivity contribution in [1.29, 1.82) is 0 Å². The molecule has 1 aromatic carbocycles. The molecular formula is C12H16BrO3P. The van der Waals surface area contributed by atoms with Gasteiger partial charge in [-0.25, -0.2) is 0 Å². The summed E-state index contributed by atoms with van der Waals surface area (Å²) in [7, 11) is -2.14. The molecule has 3 aliphatic heterocycles. The van der Waals surface area contributed by atoms with Crippen molar-refractivity contribution in [3.63, 3.8) is 0 Å². The predicted molar refractivity (Wildman–Crippen MR) is 72.5 cm³/mol. The molecule has 3 aliphatic rings. The van der Waals surface area contributed by atoms with E-state index in [9.17, 15) is 0 Å². The van der Waals surface area contributed by atoms with Crippen molar-refractivity contribution in [1.82, 2.24) is 0 Å². The SMILES string of the molecule is CC12O[PH](CCc3ccc(CCBr)cc3)(O1)O2. The second-order valence-corrected chi connectivity index (χ2v) is 7.88. The zero-order valence-corrected chi connectivity index (χ0v) is 12.3. The maximum atomic E-state index is 5.58. The van der Waals surface area contributed by atoms with E-state index >= 15 is 0 Å². The van der Waals surface area contributed by atoms with E-state index in [-0.39, 0.29) is 0 Å². The van der Waals surface area contributed by atoms with Crippen LogP contribution in [-0.2, 0) is 26.4 Å². The number of benzene rings is 1. The molecule has 3 fully saturated rings. The van der Waals surface area contributed by atoms with E-state index in [1.165, 1.54) is 11.1 Å². The van der Waals surface area contributed by atoms with Gasteiger partial charge in [0.25, 0.3) is 0 Å². The summed E-state index contributed by atoms with van der Waals surface area (Å²) in [6.07, 6.45) is 2.93. The summed E-state index contributed by atoms with van der Waals surface area (Å²) >= 11 is 3.44. The topological polar surface area (TPSA) is 27.7 Å². The van der Waals surface area contributed by atoms with E-state index in [1.54, 1.807) is 0 Å². The second kappa shape index (κ2) is 4.29. The van der Waals surface area contributed by atoms with Crippen LogP contribution in [0.2, 0.25) is 0 Å². The fraction of sp³-hybridized carbons (Fsp3) is 0.500. The van der Waals surface area contributed by atoms with Crippen molar-refractivity contribution in [3.8, 4) is 0 Å². The van der Waals surface area contributed by atoms with Gasteiger partial charge in [-0.05, 0) is 0 Å². The van der Waals surface area contributed by atoms with Crippen molar-refractivity contribution in [2.45, 2.75) is 25.7 Å². The molecule has 0 saturated carbocycles. The first-order valence-corrected chi connectivity index (χ1v) is 8.93. The zero-order chi connectivity index (χ0) is 11.9. The van der Waals surface area contributed by atoms with Gasteiger partial charge in [0.05, 0.1) is 0 Å². The first-order valence-electron chi connectivity index (χ1n) is 5.87. The Morgan fingerprint density at radius 2 is 1.59 bits per heavy atom. The number of halogens is 1. The van der Waals surface area contributed by atoms with Crippen molar-refractivity contribution < 1.29 is 13.6 Å². The molecule has 0 amide bonds. The monoisotopic (exact) mass is 318 g/mol. The fourth-order valence-corrected chi connectivity index (χ4v) is 5.40. The van der Waals surface area contributed by atoms with Gasteiger partial charge < -0.3 is 0 Å². The molecule has 0 aliphatic carbocycles. The Balaban J connectivity index is 1.52. The van der Waals surface area contributed by atoms with Gasteiger partial charge in [0.15, 0.2) is 0 Å². The number of alkyl halides is 1. The van der Waals surface area contributed by atoms with Crippen LogP contribution in [0, 0.1) is 0 Å². The molecule has 0 atom stereocenters. The van der Waals surface area contributed by atoms with Crippen molar-refractivity contribution >= 4 is 23.9 Å². The zero-order valence-electron chi connectivity index (χ0n) is 9.74. The molecule has 0 radical (unpaired) electrons. The Labute approximate surface area is 110 Å². The molecule has 3 saturated heterocycles. The Bertz CT molecular complexity index is 400. The molecule has 0 unspecified atom stereocenters. The van der Waals surface area contributed by atoms with Crippen LogP contribution in [-0.4, -0.2) is 17.5 Å². The van der Waals surface area contributed by atoms with Crippen LogP contribution in [0.1, 0.15) is 18.1 Å². The van der Waals surface area contributed by atoms with Crippen molar-refractivity contribution in [3.05, 3.63) is 35.4 Å². The average Bonchev–Trinajstić information content (AvgIpc) is 2.24. The molecule has 3 heterocycles. The summed E-state index contributed by atoms with van der Waals surface area (Å²) in [5.41, 5.74) is 2.69. The number of aryl methyl sites for hydroxylation is 2. The quantitative estimate of drug-likeness (QED) is 0.615. The Hall–Kier alpha value is 0.01000. The number of hydrogen-bond acceptors (Lipinski definition) is 3. The van der Waals surface area contributed by atoms with E-state index in [2.05, 4.69) is 40.2 Å². The van der Waals surface area contributed by atoms with Gasteiger partial charge in [0.1, 0.15) is 0 Å². The predicted octanol–water partition coefficient (Wildman–Crippen LogP) is 3.41. The minimum atomic E-state index is -2.14. The Kier molecular flexibility index (Phi) is 3.04. The van der Waals surface area contributed by atoms with Gasteiger partial charge in [0, 0.05) is 0 Å². The summed E-state index contributed by atoms with van der Waals surface area (Å²) in [5, 5.41) is 1.01. The van der Waals surface area contributed by atoms with Crippen LogP contribution in [0.25, 0.3) is 0 Å². The van der Waals surface area contributed by atoms with Gasteiger partial charge in [-0.3, -0.25) is 0 Å². The standard InChI is InChI=1S/C12H16BrO3P/c1-12-14-17(15-12,16-12)9-7-11-4-2-10(3-5-11)6-8-13/h2-5,17H,6-9H2,1H3. The first-order chi connectivity index (χ1) is 8.13. The minimum absolute atomic E-state index is 0.675. The number of hydrogen-bond donors (Lipinski definition) is 0. The molecule has 0 spiro atoms. The third-order valence-electron chi connectivity index (χ3n) is 3.15. The van der Waals surface area contributed by atoms with Crippen LogP contribution in [0.5, 0.6) is 0 Å². The summed E-state index contributed by atoms with van der Waals surface area (Å²) in [6, 6.07) is 8.73. The Morgan fingerprint density at radius 1 is 1.06 bits per heavy atom. The van der Waals surface area contributed by atoms with Crippen LogP contribution in [0.4, 0.5) is 0 Å². The van der Waals surface area contributed by atoms with E-state index in [0.717, 1.165) is 24.3 Å². The van der Waals surface area contributed by atoms with Crippen molar-refractivity contribution in [2.75, 3.05) is 11.5 Å². The first kappa shape index (κ1) is 12.1. The van der Waals surface area contributed by atoms with Gasteiger partial charge in [-0.1, -0.05) is 0 Å². The maximum absolute atomic E-state index is 5.58. The molecule has 0 aromatic heterocycles. The Morgan fingerprint density at radius 3 is 2.06 bits per heavy atom. The molecule has 2 bridgehead atoms. The molecule has 1 aromatic rings. The second-order valence-electron chi connectivity index (χ2n) is 4.61. The molecule has 3 nitrogen and oxygen atoms in total. The molecule has 17 heavy (non-hydrogen) atoms. The molecule has 0 N–H and O–H groups in total.